The molecule has 0 atom stereocenters. The molecule has 0 radical (unpaired) electrons. The average molecular weight is 644 g/mol. The Morgan fingerprint density at radius 3 is 2.23 bits per heavy atom. The number of halogens is 3. The lowest BCUT2D eigenvalue weighted by Crippen LogP contribution is -2.38. The van der Waals surface area contributed by atoms with Crippen LogP contribution in [0.1, 0.15) is 24.2 Å². The largest absolute Gasteiger partial charge is 0.494 e. The molecule has 1 N–H and O–H groups in total. The lowest BCUT2D eigenvalue weighted by Gasteiger charge is -2.24. The Morgan fingerprint density at radius 1 is 0.975 bits per heavy atom. The van der Waals surface area contributed by atoms with Crippen molar-refractivity contribution in [3.8, 4) is 5.75 Å². The van der Waals surface area contributed by atoms with E-state index in [0.717, 1.165) is 17.8 Å². The Kier molecular flexibility index (Phi) is 11.0. The average Bonchev–Trinajstić information content (AvgIpc) is 3.38. The summed E-state index contributed by atoms with van der Waals surface area (Å²) in [5, 5.41) is 1.47. The van der Waals surface area contributed by atoms with Crippen molar-refractivity contribution >= 4 is 83.9 Å². The second-order valence-electron chi connectivity index (χ2n) is 8.54. The maximum absolute atomic E-state index is 13.8. The Morgan fingerprint density at radius 2 is 1.62 bits per heavy atom. The molecule has 1 aromatic heterocycles. The quantitative estimate of drug-likeness (QED) is 0.193. The number of nitrogens with zero attached hydrogens (tertiary/aromatic N) is 3. The van der Waals surface area contributed by atoms with Gasteiger partial charge in [0.05, 0.1) is 21.7 Å². The molecule has 1 amide bonds. The lowest BCUT2D eigenvalue weighted by molar-refractivity contribution is 0.0984. The fourth-order valence-electron chi connectivity index (χ4n) is 3.95. The number of nitrogens with one attached hydrogen (secondary N) is 1. The van der Waals surface area contributed by atoms with Crippen LogP contribution in [0.3, 0.4) is 0 Å². The van der Waals surface area contributed by atoms with Crippen LogP contribution in [0, 0.1) is 0 Å². The molecule has 0 fully saturated rings. The lowest BCUT2D eigenvalue weighted by atomic mass is 10.2. The predicted octanol–water partition coefficient (Wildman–Crippen LogP) is 6.82. The van der Waals surface area contributed by atoms with Gasteiger partial charge in [0.1, 0.15) is 11.3 Å². The van der Waals surface area contributed by atoms with E-state index in [2.05, 4.69) is 23.5 Å². The summed E-state index contributed by atoms with van der Waals surface area (Å²) < 4.78 is 34.2. The first-order valence-electron chi connectivity index (χ1n) is 12.2. The van der Waals surface area contributed by atoms with Crippen LogP contribution in [0.15, 0.2) is 65.6 Å². The van der Waals surface area contributed by atoms with Crippen LogP contribution in [-0.4, -0.2) is 57.5 Å². The summed E-state index contributed by atoms with van der Waals surface area (Å²) in [6.45, 7) is 6.90. The molecule has 0 unspecified atom stereocenters. The van der Waals surface area contributed by atoms with E-state index < -0.39 is 10.0 Å². The van der Waals surface area contributed by atoms with Crippen molar-refractivity contribution in [1.29, 1.82) is 0 Å². The van der Waals surface area contributed by atoms with Crippen molar-refractivity contribution < 1.29 is 17.9 Å². The van der Waals surface area contributed by atoms with E-state index in [0.29, 0.717) is 50.8 Å². The van der Waals surface area contributed by atoms with Gasteiger partial charge in [0.15, 0.2) is 5.13 Å². The molecule has 1 heterocycles. The number of likely N-dealkylation sites (N-methyl/N-ethyl adjacent to an activating group) is 1. The fraction of sp³-hybridized carbons (Fsp3) is 0.259. The van der Waals surface area contributed by atoms with Gasteiger partial charge in [-0.1, -0.05) is 48.4 Å². The number of hydrogen-bond acceptors (Lipinski definition) is 7. The molecule has 4 aromatic rings. The first-order valence-corrected chi connectivity index (χ1v) is 15.3. The van der Waals surface area contributed by atoms with Crippen LogP contribution in [0.4, 0.5) is 10.8 Å². The fourth-order valence-corrected chi connectivity index (χ4v) is 6.42. The number of aromatic nitrogens is 1. The molecule has 0 saturated carbocycles. The van der Waals surface area contributed by atoms with Gasteiger partial charge in [0.2, 0.25) is 0 Å². The van der Waals surface area contributed by atoms with E-state index in [4.69, 9.17) is 32.9 Å². The first kappa shape index (κ1) is 31.9. The molecule has 0 bridgehead atoms. The van der Waals surface area contributed by atoms with E-state index in [1.807, 2.05) is 0 Å². The van der Waals surface area contributed by atoms with E-state index in [1.54, 1.807) is 48.4 Å². The minimum absolute atomic E-state index is 0. The summed E-state index contributed by atoms with van der Waals surface area (Å²) in [7, 11) is -2.25. The molecular weight excluding hydrogens is 615 g/mol. The topological polar surface area (TPSA) is 91.8 Å². The van der Waals surface area contributed by atoms with Crippen molar-refractivity contribution in [2.45, 2.75) is 18.7 Å². The van der Waals surface area contributed by atoms with Crippen molar-refractivity contribution in [2.75, 3.05) is 42.9 Å². The number of sulfonamides is 1. The Balaban J connectivity index is 0.00000441. The summed E-state index contributed by atoms with van der Waals surface area (Å²) in [5.41, 5.74) is 1.31. The summed E-state index contributed by atoms with van der Waals surface area (Å²) in [6.07, 6.45) is 0. The Bertz CT molecular complexity index is 1560. The Hall–Kier alpha value is -2.60. The number of carbonyl (C=O) groups excluding carboxylic acids is 1. The third kappa shape index (κ3) is 7.18. The molecule has 0 aliphatic heterocycles. The zero-order valence-corrected chi connectivity index (χ0v) is 26.0. The van der Waals surface area contributed by atoms with Gasteiger partial charge in [-0.3, -0.25) is 14.4 Å². The van der Waals surface area contributed by atoms with Gasteiger partial charge < -0.3 is 9.64 Å². The maximum Gasteiger partial charge on any atom is 0.261 e. The summed E-state index contributed by atoms with van der Waals surface area (Å²) in [5.74, 6) is 0.314. The van der Waals surface area contributed by atoms with Crippen LogP contribution in [0.5, 0.6) is 5.75 Å². The van der Waals surface area contributed by atoms with Gasteiger partial charge in [-0.2, -0.15) is 0 Å². The van der Waals surface area contributed by atoms with Crippen molar-refractivity contribution in [1.82, 2.24) is 9.88 Å². The highest BCUT2D eigenvalue weighted by Crippen LogP contribution is 2.39. The molecule has 40 heavy (non-hydrogen) atoms. The number of rotatable bonds is 11. The van der Waals surface area contributed by atoms with Gasteiger partial charge >= 0.3 is 0 Å². The highest BCUT2D eigenvalue weighted by Gasteiger charge is 2.24. The summed E-state index contributed by atoms with van der Waals surface area (Å²) in [4.78, 5) is 22.4. The number of amides is 1. The first-order chi connectivity index (χ1) is 18.7. The van der Waals surface area contributed by atoms with E-state index >= 15 is 0 Å². The van der Waals surface area contributed by atoms with E-state index in [9.17, 15) is 13.2 Å². The number of thiazole rings is 1. The maximum atomic E-state index is 13.8. The number of hydrogen-bond donors (Lipinski definition) is 1. The summed E-state index contributed by atoms with van der Waals surface area (Å²) >= 11 is 13.6. The van der Waals surface area contributed by atoms with Gasteiger partial charge in [0.25, 0.3) is 15.9 Å². The number of fused-ring (bicyclic) bond motifs is 1. The smallest absolute Gasteiger partial charge is 0.261 e. The van der Waals surface area contributed by atoms with Crippen molar-refractivity contribution in [2.24, 2.45) is 0 Å². The number of anilines is 2. The van der Waals surface area contributed by atoms with Crippen LogP contribution in [0.25, 0.3) is 10.2 Å². The molecular formula is C27H29Cl3N4O4S2. The molecule has 0 saturated heterocycles. The normalized spacial score (nSPS) is 11.3. The minimum Gasteiger partial charge on any atom is -0.494 e. The van der Waals surface area contributed by atoms with Gasteiger partial charge in [-0.05, 0) is 73.8 Å². The minimum atomic E-state index is -3.81. The molecule has 3 aromatic carbocycles. The zero-order valence-electron chi connectivity index (χ0n) is 22.1. The number of carbonyl (C=O) groups is 1. The monoisotopic (exact) mass is 642 g/mol. The second kappa shape index (κ2) is 13.8. The standard InChI is InChI=1S/C27H28Cl2N4O4S2.ClH/c1-4-32(5-2)16-17-33(27-30-24-23(37-3)15-14-22(29)25(24)38-27)26(34)18-6-10-20(11-7-18)31-39(35,36)21-12-8-19(28)9-13-21;/h6-15,31H,4-5,16-17H2,1-3H3;1H. The highest BCUT2D eigenvalue weighted by molar-refractivity contribution is 7.92. The van der Waals surface area contributed by atoms with Crippen molar-refractivity contribution in [3.63, 3.8) is 0 Å². The van der Waals surface area contributed by atoms with E-state index in [-0.39, 0.29) is 23.2 Å². The van der Waals surface area contributed by atoms with Gasteiger partial charge in [-0.25, -0.2) is 13.4 Å². The summed E-state index contributed by atoms with van der Waals surface area (Å²) in [6, 6.07) is 15.7. The zero-order chi connectivity index (χ0) is 28.2. The molecule has 214 valence electrons. The molecule has 0 aliphatic rings. The second-order valence-corrected chi connectivity index (χ2v) is 12.0. The van der Waals surface area contributed by atoms with Gasteiger partial charge in [0, 0.05) is 29.4 Å². The molecule has 4 rings (SSSR count). The van der Waals surface area contributed by atoms with Crippen LogP contribution in [-0.2, 0) is 10.0 Å². The molecule has 13 heteroatoms. The van der Waals surface area contributed by atoms with Gasteiger partial charge in [-0.15, -0.1) is 12.4 Å². The number of ether oxygens (including phenoxy) is 1. The molecule has 8 nitrogen and oxygen atoms in total. The predicted molar refractivity (Wildman–Crippen MR) is 167 cm³/mol. The van der Waals surface area contributed by atoms with Crippen molar-refractivity contribution in [3.05, 3.63) is 76.3 Å². The number of benzene rings is 3. The van der Waals surface area contributed by atoms with Crippen LogP contribution >= 0.6 is 46.9 Å². The highest BCUT2D eigenvalue weighted by atomic mass is 35.5. The SMILES string of the molecule is CCN(CC)CCN(C(=O)c1ccc(NS(=O)(=O)c2ccc(Cl)cc2)cc1)c1nc2c(OC)ccc(Cl)c2s1.Cl. The van der Waals surface area contributed by atoms with Crippen LogP contribution in [0.2, 0.25) is 10.0 Å². The third-order valence-corrected chi connectivity index (χ3v) is 9.37. The number of methoxy groups -OCH3 is 1. The van der Waals surface area contributed by atoms with E-state index in [1.165, 1.54) is 35.6 Å². The molecule has 0 spiro atoms. The molecule has 0 aliphatic carbocycles. The van der Waals surface area contributed by atoms with Crippen LogP contribution < -0.4 is 14.4 Å². The Labute approximate surface area is 254 Å². The third-order valence-electron chi connectivity index (χ3n) is 6.19.